The second-order valence-corrected chi connectivity index (χ2v) is 6.06. The first-order valence-electron chi connectivity index (χ1n) is 7.78. The van der Waals surface area contributed by atoms with Crippen LogP contribution in [0.5, 0.6) is 0 Å². The lowest BCUT2D eigenvalue weighted by Gasteiger charge is -2.35. The van der Waals surface area contributed by atoms with Gasteiger partial charge in [-0.15, -0.1) is 0 Å². The number of amides is 2. The van der Waals surface area contributed by atoms with E-state index in [1.807, 2.05) is 38.1 Å². The molecule has 1 aromatic carbocycles. The highest BCUT2D eigenvalue weighted by molar-refractivity contribution is 5.96. The van der Waals surface area contributed by atoms with Crippen LogP contribution in [0.25, 0.3) is 0 Å². The van der Waals surface area contributed by atoms with Gasteiger partial charge in [0.2, 0.25) is 5.91 Å². The molecule has 0 spiro atoms. The number of benzene rings is 1. The minimum absolute atomic E-state index is 0.0280. The van der Waals surface area contributed by atoms with E-state index in [0.29, 0.717) is 13.0 Å². The Kier molecular flexibility index (Phi) is 4.19. The molecule has 0 fully saturated rings. The second-order valence-electron chi connectivity index (χ2n) is 6.06. The average molecular weight is 312 g/mol. The van der Waals surface area contributed by atoms with Gasteiger partial charge in [-0.05, 0) is 37.1 Å². The summed E-state index contributed by atoms with van der Waals surface area (Å²) in [5.74, 6) is -0.130. The Balaban J connectivity index is 1.93. The van der Waals surface area contributed by atoms with Gasteiger partial charge in [-0.1, -0.05) is 24.3 Å². The largest absolute Gasteiger partial charge is 0.459 e. The molecule has 0 radical (unpaired) electrons. The van der Waals surface area contributed by atoms with E-state index in [9.17, 15) is 9.59 Å². The molecule has 1 unspecified atom stereocenters. The van der Waals surface area contributed by atoms with E-state index in [0.717, 1.165) is 11.1 Å². The van der Waals surface area contributed by atoms with Crippen LogP contribution in [0.4, 0.5) is 0 Å². The predicted molar refractivity (Wildman–Crippen MR) is 85.8 cm³/mol. The van der Waals surface area contributed by atoms with E-state index >= 15 is 0 Å². The lowest BCUT2D eigenvalue weighted by atomic mass is 9.93. The fourth-order valence-corrected chi connectivity index (χ4v) is 2.89. The number of hydrogen-bond donors (Lipinski definition) is 1. The number of furan rings is 1. The van der Waals surface area contributed by atoms with Crippen molar-refractivity contribution >= 4 is 11.8 Å². The SMILES string of the molecule is CC(C)NC(=O)C1Cc2ccccc2CN1C(=O)c1ccco1. The molecule has 1 aliphatic rings. The van der Waals surface area contributed by atoms with Gasteiger partial charge < -0.3 is 14.6 Å². The maximum atomic E-state index is 12.7. The Bertz CT molecular complexity index is 707. The molecule has 120 valence electrons. The summed E-state index contributed by atoms with van der Waals surface area (Å²) in [7, 11) is 0. The van der Waals surface area contributed by atoms with Crippen LogP contribution in [-0.4, -0.2) is 28.8 Å². The van der Waals surface area contributed by atoms with Crippen LogP contribution in [0.15, 0.2) is 47.1 Å². The molecule has 1 N–H and O–H groups in total. The van der Waals surface area contributed by atoms with Gasteiger partial charge in [-0.2, -0.15) is 0 Å². The summed E-state index contributed by atoms with van der Waals surface area (Å²) in [5.41, 5.74) is 2.18. The molecule has 2 heterocycles. The molecular weight excluding hydrogens is 292 g/mol. The molecule has 23 heavy (non-hydrogen) atoms. The molecule has 5 nitrogen and oxygen atoms in total. The van der Waals surface area contributed by atoms with Crippen LogP contribution in [-0.2, 0) is 17.8 Å². The van der Waals surface area contributed by atoms with Crippen molar-refractivity contribution in [3.63, 3.8) is 0 Å². The first-order valence-corrected chi connectivity index (χ1v) is 7.78. The quantitative estimate of drug-likeness (QED) is 0.946. The monoisotopic (exact) mass is 312 g/mol. The highest BCUT2D eigenvalue weighted by Crippen LogP contribution is 2.25. The van der Waals surface area contributed by atoms with Gasteiger partial charge in [0.15, 0.2) is 5.76 Å². The molecule has 2 amide bonds. The molecule has 2 aromatic rings. The fraction of sp³-hybridized carbons (Fsp3) is 0.333. The number of nitrogens with zero attached hydrogens (tertiary/aromatic N) is 1. The molecule has 5 heteroatoms. The van der Waals surface area contributed by atoms with E-state index in [1.165, 1.54) is 6.26 Å². The standard InChI is InChI=1S/C18H20N2O3/c1-12(2)19-17(21)15-10-13-6-3-4-7-14(13)11-20(15)18(22)16-8-5-9-23-16/h3-9,12,15H,10-11H2,1-2H3,(H,19,21). The van der Waals surface area contributed by atoms with E-state index in [-0.39, 0.29) is 23.6 Å². The topological polar surface area (TPSA) is 62.6 Å². The third-order valence-corrected chi connectivity index (χ3v) is 3.97. The minimum atomic E-state index is -0.523. The highest BCUT2D eigenvalue weighted by Gasteiger charge is 2.35. The zero-order valence-electron chi connectivity index (χ0n) is 13.3. The first-order chi connectivity index (χ1) is 11.1. The third kappa shape index (κ3) is 3.13. The second kappa shape index (κ2) is 6.28. The van der Waals surface area contributed by atoms with Gasteiger partial charge in [0, 0.05) is 19.0 Å². The Morgan fingerprint density at radius 2 is 1.91 bits per heavy atom. The van der Waals surface area contributed by atoms with Crippen LogP contribution >= 0.6 is 0 Å². The lowest BCUT2D eigenvalue weighted by molar-refractivity contribution is -0.126. The Labute approximate surface area is 135 Å². The summed E-state index contributed by atoms with van der Waals surface area (Å²) in [6, 6.07) is 10.7. The molecule has 0 bridgehead atoms. The minimum Gasteiger partial charge on any atom is -0.459 e. The van der Waals surface area contributed by atoms with Crippen molar-refractivity contribution in [2.24, 2.45) is 0 Å². The molecule has 1 atom stereocenters. The van der Waals surface area contributed by atoms with Gasteiger partial charge in [0.1, 0.15) is 6.04 Å². The Morgan fingerprint density at radius 1 is 1.17 bits per heavy atom. The van der Waals surface area contributed by atoms with Crippen molar-refractivity contribution < 1.29 is 14.0 Å². The Hall–Kier alpha value is -2.56. The van der Waals surface area contributed by atoms with Gasteiger partial charge in [0.05, 0.1) is 6.26 Å². The van der Waals surface area contributed by atoms with E-state index in [2.05, 4.69) is 5.32 Å². The van der Waals surface area contributed by atoms with Crippen molar-refractivity contribution in [2.45, 2.75) is 38.9 Å². The third-order valence-electron chi connectivity index (χ3n) is 3.97. The van der Waals surface area contributed by atoms with Crippen molar-refractivity contribution in [1.29, 1.82) is 0 Å². The molecule has 0 saturated carbocycles. The maximum absolute atomic E-state index is 12.7. The number of rotatable bonds is 3. The first kappa shape index (κ1) is 15.3. The average Bonchev–Trinajstić information content (AvgIpc) is 3.06. The van der Waals surface area contributed by atoms with Gasteiger partial charge in [-0.25, -0.2) is 0 Å². The Morgan fingerprint density at radius 3 is 2.57 bits per heavy atom. The number of hydrogen-bond acceptors (Lipinski definition) is 3. The summed E-state index contributed by atoms with van der Waals surface area (Å²) in [5, 5.41) is 2.91. The molecule has 0 aliphatic carbocycles. The zero-order valence-corrected chi connectivity index (χ0v) is 13.3. The van der Waals surface area contributed by atoms with Crippen LogP contribution in [0, 0.1) is 0 Å². The van der Waals surface area contributed by atoms with Crippen LogP contribution < -0.4 is 5.32 Å². The van der Waals surface area contributed by atoms with E-state index in [4.69, 9.17) is 4.42 Å². The highest BCUT2D eigenvalue weighted by atomic mass is 16.3. The molecular formula is C18H20N2O3. The van der Waals surface area contributed by atoms with Crippen LogP contribution in [0.2, 0.25) is 0 Å². The smallest absolute Gasteiger partial charge is 0.290 e. The van der Waals surface area contributed by atoms with Crippen molar-refractivity contribution in [2.75, 3.05) is 0 Å². The molecule has 1 aliphatic heterocycles. The van der Waals surface area contributed by atoms with E-state index < -0.39 is 6.04 Å². The summed E-state index contributed by atoms with van der Waals surface area (Å²) in [6.45, 7) is 4.23. The normalized spacial score (nSPS) is 17.0. The lowest BCUT2D eigenvalue weighted by Crippen LogP contribution is -2.53. The summed E-state index contributed by atoms with van der Waals surface area (Å²) < 4.78 is 5.22. The van der Waals surface area contributed by atoms with Crippen LogP contribution in [0.1, 0.15) is 35.5 Å². The zero-order chi connectivity index (χ0) is 16.4. The molecule has 1 aromatic heterocycles. The fourth-order valence-electron chi connectivity index (χ4n) is 2.89. The van der Waals surface area contributed by atoms with Gasteiger partial charge >= 0.3 is 0 Å². The molecule has 0 saturated heterocycles. The van der Waals surface area contributed by atoms with Crippen molar-refractivity contribution in [3.05, 3.63) is 59.5 Å². The van der Waals surface area contributed by atoms with Crippen molar-refractivity contribution in [1.82, 2.24) is 10.2 Å². The molecule has 3 rings (SSSR count). The van der Waals surface area contributed by atoms with Crippen molar-refractivity contribution in [3.8, 4) is 0 Å². The number of nitrogens with one attached hydrogen (secondary N) is 1. The predicted octanol–water partition coefficient (Wildman–Crippen LogP) is 2.37. The summed E-state index contributed by atoms with van der Waals surface area (Å²) in [4.78, 5) is 26.9. The number of carbonyl (C=O) groups excluding carboxylic acids is 2. The number of fused-ring (bicyclic) bond motifs is 1. The number of carbonyl (C=O) groups is 2. The van der Waals surface area contributed by atoms with Gasteiger partial charge in [0.25, 0.3) is 5.91 Å². The van der Waals surface area contributed by atoms with Gasteiger partial charge in [-0.3, -0.25) is 9.59 Å². The maximum Gasteiger partial charge on any atom is 0.290 e. The van der Waals surface area contributed by atoms with E-state index in [1.54, 1.807) is 17.0 Å². The summed E-state index contributed by atoms with van der Waals surface area (Å²) >= 11 is 0. The summed E-state index contributed by atoms with van der Waals surface area (Å²) in [6.07, 6.45) is 1.98. The van der Waals surface area contributed by atoms with Crippen LogP contribution in [0.3, 0.4) is 0 Å².